The number of nitrogens with one attached hydrogen (secondary N) is 2. The van der Waals surface area contributed by atoms with Crippen molar-refractivity contribution in [3.05, 3.63) is 41.2 Å². The Kier molecular flexibility index (Phi) is 8.02. The van der Waals surface area contributed by atoms with Crippen LogP contribution in [0.2, 0.25) is 0 Å². The van der Waals surface area contributed by atoms with Gasteiger partial charge in [-0.3, -0.25) is 4.72 Å². The normalized spacial score (nSPS) is 13.9. The SMILES string of the molecule is CC(C)C[C@H](CO)Nc1nc(C[C@H](C)c2cccc(F)c2F)nc(NS(C)(=O)=O)n1. The van der Waals surface area contributed by atoms with Crippen molar-refractivity contribution in [1.29, 1.82) is 0 Å². The maximum atomic E-state index is 14.1. The van der Waals surface area contributed by atoms with Crippen LogP contribution in [0.4, 0.5) is 20.7 Å². The summed E-state index contributed by atoms with van der Waals surface area (Å²) in [6.07, 6.45) is 1.71. The smallest absolute Gasteiger partial charge is 0.241 e. The Balaban J connectivity index is 2.34. The van der Waals surface area contributed by atoms with Crippen molar-refractivity contribution < 1.29 is 22.3 Å². The lowest BCUT2D eigenvalue weighted by Gasteiger charge is -2.19. The molecule has 0 bridgehead atoms. The summed E-state index contributed by atoms with van der Waals surface area (Å²) in [5.41, 5.74) is 0.163. The second-order valence-electron chi connectivity index (χ2n) is 7.67. The van der Waals surface area contributed by atoms with Crippen LogP contribution >= 0.6 is 0 Å². The van der Waals surface area contributed by atoms with E-state index in [0.717, 1.165) is 12.3 Å². The van der Waals surface area contributed by atoms with Gasteiger partial charge in [-0.25, -0.2) is 17.2 Å². The van der Waals surface area contributed by atoms with E-state index in [1.54, 1.807) is 6.92 Å². The van der Waals surface area contributed by atoms with Crippen molar-refractivity contribution in [2.24, 2.45) is 5.92 Å². The molecule has 1 aromatic heterocycles. The first-order valence-corrected chi connectivity index (χ1v) is 11.4. The number of aromatic nitrogens is 3. The second kappa shape index (κ2) is 10.1. The Morgan fingerprint density at radius 2 is 1.77 bits per heavy atom. The van der Waals surface area contributed by atoms with Crippen LogP contribution in [0.5, 0.6) is 0 Å². The zero-order chi connectivity index (χ0) is 22.5. The largest absolute Gasteiger partial charge is 0.394 e. The van der Waals surface area contributed by atoms with Crippen LogP contribution in [0.3, 0.4) is 0 Å². The Labute approximate surface area is 175 Å². The van der Waals surface area contributed by atoms with Gasteiger partial charge in [0.05, 0.1) is 18.9 Å². The maximum Gasteiger partial charge on any atom is 0.241 e. The molecule has 0 aliphatic carbocycles. The Morgan fingerprint density at radius 1 is 1.10 bits per heavy atom. The summed E-state index contributed by atoms with van der Waals surface area (Å²) in [5, 5.41) is 12.6. The molecule has 0 aliphatic heterocycles. The van der Waals surface area contributed by atoms with Crippen LogP contribution < -0.4 is 10.0 Å². The number of halogens is 2. The van der Waals surface area contributed by atoms with Crippen molar-refractivity contribution in [1.82, 2.24) is 15.0 Å². The molecule has 0 saturated heterocycles. The number of sulfonamides is 1. The fourth-order valence-electron chi connectivity index (χ4n) is 3.00. The number of benzene rings is 1. The average molecular weight is 444 g/mol. The number of hydrogen-bond acceptors (Lipinski definition) is 7. The maximum absolute atomic E-state index is 14.1. The highest BCUT2D eigenvalue weighted by Gasteiger charge is 2.19. The van der Waals surface area contributed by atoms with E-state index >= 15 is 0 Å². The lowest BCUT2D eigenvalue weighted by molar-refractivity contribution is 0.259. The van der Waals surface area contributed by atoms with Crippen molar-refractivity contribution in [2.45, 2.75) is 45.6 Å². The van der Waals surface area contributed by atoms with Gasteiger partial charge >= 0.3 is 0 Å². The van der Waals surface area contributed by atoms with Gasteiger partial charge < -0.3 is 10.4 Å². The summed E-state index contributed by atoms with van der Waals surface area (Å²) in [5.74, 6) is -2.00. The van der Waals surface area contributed by atoms with Crippen LogP contribution in [-0.4, -0.2) is 47.4 Å². The number of aliphatic hydroxyl groups excluding tert-OH is 1. The van der Waals surface area contributed by atoms with Gasteiger partial charge in [0.15, 0.2) is 11.6 Å². The third-order valence-electron chi connectivity index (χ3n) is 4.27. The van der Waals surface area contributed by atoms with E-state index in [-0.39, 0.29) is 42.4 Å². The van der Waals surface area contributed by atoms with Gasteiger partial charge in [0.2, 0.25) is 21.9 Å². The standard InChI is InChI=1S/C19H27F2N5O3S/c1-11(2)8-13(10-27)22-18-23-16(24-19(25-18)26-30(4,28)29)9-12(3)14-6-5-7-15(20)17(14)21/h5-7,11-13,27H,8-10H2,1-4H3,(H2,22,23,24,25,26)/t12-,13+/m0/s1. The van der Waals surface area contributed by atoms with Crippen LogP contribution in [0.25, 0.3) is 0 Å². The molecule has 0 saturated carbocycles. The minimum absolute atomic E-state index is 0.0813. The van der Waals surface area contributed by atoms with Crippen molar-refractivity contribution >= 4 is 21.9 Å². The molecule has 0 radical (unpaired) electrons. The zero-order valence-electron chi connectivity index (χ0n) is 17.4. The van der Waals surface area contributed by atoms with Crippen LogP contribution in [0.1, 0.15) is 44.5 Å². The third kappa shape index (κ3) is 7.13. The van der Waals surface area contributed by atoms with E-state index in [4.69, 9.17) is 0 Å². The summed E-state index contributed by atoms with van der Waals surface area (Å²) in [4.78, 5) is 12.4. The molecule has 8 nitrogen and oxygen atoms in total. The molecule has 1 aromatic carbocycles. The first-order chi connectivity index (χ1) is 14.0. The highest BCUT2D eigenvalue weighted by Crippen LogP contribution is 2.24. The molecule has 0 spiro atoms. The molecule has 166 valence electrons. The van der Waals surface area contributed by atoms with Crippen molar-refractivity contribution in [3.8, 4) is 0 Å². The molecule has 0 fully saturated rings. The minimum Gasteiger partial charge on any atom is -0.394 e. The Morgan fingerprint density at radius 3 is 2.37 bits per heavy atom. The lowest BCUT2D eigenvalue weighted by Crippen LogP contribution is -2.27. The van der Waals surface area contributed by atoms with E-state index in [0.29, 0.717) is 12.3 Å². The Bertz CT molecular complexity index is 973. The zero-order valence-corrected chi connectivity index (χ0v) is 18.2. The first-order valence-electron chi connectivity index (χ1n) is 9.52. The summed E-state index contributed by atoms with van der Waals surface area (Å²) in [6, 6.07) is 3.58. The van der Waals surface area contributed by atoms with E-state index in [9.17, 15) is 22.3 Å². The number of nitrogens with zero attached hydrogens (tertiary/aromatic N) is 3. The predicted molar refractivity (Wildman–Crippen MR) is 111 cm³/mol. The molecule has 30 heavy (non-hydrogen) atoms. The average Bonchev–Trinajstić information content (AvgIpc) is 2.61. The third-order valence-corrected chi connectivity index (χ3v) is 4.82. The highest BCUT2D eigenvalue weighted by molar-refractivity contribution is 7.91. The Hall–Kier alpha value is -2.40. The van der Waals surface area contributed by atoms with E-state index < -0.39 is 27.6 Å². The number of anilines is 2. The molecule has 3 N–H and O–H groups in total. The molecule has 1 heterocycles. The van der Waals surface area contributed by atoms with E-state index in [2.05, 4.69) is 25.0 Å². The quantitative estimate of drug-likeness (QED) is 0.517. The lowest BCUT2D eigenvalue weighted by atomic mass is 9.97. The highest BCUT2D eigenvalue weighted by atomic mass is 32.2. The molecular weight excluding hydrogens is 416 g/mol. The molecule has 0 amide bonds. The fraction of sp³-hybridized carbons (Fsp3) is 0.526. The summed E-state index contributed by atoms with van der Waals surface area (Å²) < 4.78 is 53.1. The van der Waals surface area contributed by atoms with Gasteiger partial charge in [-0.2, -0.15) is 15.0 Å². The topological polar surface area (TPSA) is 117 Å². The number of aliphatic hydroxyl groups is 1. The summed E-state index contributed by atoms with van der Waals surface area (Å²) in [7, 11) is -3.65. The van der Waals surface area contributed by atoms with Crippen molar-refractivity contribution in [3.63, 3.8) is 0 Å². The summed E-state index contributed by atoms with van der Waals surface area (Å²) in [6.45, 7) is 5.51. The van der Waals surface area contributed by atoms with Gasteiger partial charge in [0, 0.05) is 6.42 Å². The molecule has 0 aliphatic rings. The van der Waals surface area contributed by atoms with Crippen molar-refractivity contribution in [2.75, 3.05) is 22.9 Å². The number of hydrogen-bond donors (Lipinski definition) is 3. The first kappa shape index (κ1) is 23.9. The second-order valence-corrected chi connectivity index (χ2v) is 9.42. The monoisotopic (exact) mass is 443 g/mol. The van der Waals surface area contributed by atoms with Crippen LogP contribution in [-0.2, 0) is 16.4 Å². The van der Waals surface area contributed by atoms with E-state index in [1.807, 2.05) is 13.8 Å². The van der Waals surface area contributed by atoms with Gasteiger partial charge in [-0.15, -0.1) is 0 Å². The van der Waals surface area contributed by atoms with Gasteiger partial charge in [0.1, 0.15) is 5.82 Å². The number of rotatable bonds is 10. The molecule has 2 rings (SSSR count). The summed E-state index contributed by atoms with van der Waals surface area (Å²) >= 11 is 0. The molecule has 2 atom stereocenters. The molecular formula is C19H27F2N5O3S. The van der Waals surface area contributed by atoms with E-state index in [1.165, 1.54) is 12.1 Å². The van der Waals surface area contributed by atoms with Gasteiger partial charge in [-0.1, -0.05) is 32.9 Å². The van der Waals surface area contributed by atoms with Gasteiger partial charge in [0.25, 0.3) is 0 Å². The fourth-order valence-corrected chi connectivity index (χ4v) is 3.43. The molecule has 2 aromatic rings. The van der Waals surface area contributed by atoms with Crippen LogP contribution in [0, 0.1) is 17.6 Å². The van der Waals surface area contributed by atoms with Crippen LogP contribution in [0.15, 0.2) is 18.2 Å². The molecule has 0 unspecified atom stereocenters. The predicted octanol–water partition coefficient (Wildman–Crippen LogP) is 2.69. The minimum atomic E-state index is -3.65. The molecule has 11 heteroatoms. The van der Waals surface area contributed by atoms with Gasteiger partial charge in [-0.05, 0) is 29.9 Å².